The van der Waals surface area contributed by atoms with Crippen molar-refractivity contribution in [3.05, 3.63) is 35.9 Å². The molecule has 3 aliphatic rings. The number of fused-ring (bicyclic) bond motifs is 2. The first-order valence-corrected chi connectivity index (χ1v) is 14.7. The van der Waals surface area contributed by atoms with E-state index in [1.54, 1.807) is 0 Å². The van der Waals surface area contributed by atoms with Crippen LogP contribution in [0.15, 0.2) is 30.3 Å². The molecule has 1 aliphatic heterocycles. The van der Waals surface area contributed by atoms with Crippen LogP contribution >= 0.6 is 0 Å². The Balaban J connectivity index is 1.53. The Morgan fingerprint density at radius 3 is 2.48 bits per heavy atom. The maximum absolute atomic E-state index is 10.8. The van der Waals surface area contributed by atoms with E-state index in [9.17, 15) is 5.11 Å². The van der Waals surface area contributed by atoms with Gasteiger partial charge in [-0.25, -0.2) is 0 Å². The summed E-state index contributed by atoms with van der Waals surface area (Å²) in [6, 6.07) is 10.4. The predicted molar refractivity (Wildman–Crippen MR) is 125 cm³/mol. The molecule has 1 aromatic carbocycles. The van der Waals surface area contributed by atoms with Crippen LogP contribution in [0.1, 0.15) is 45.6 Å². The van der Waals surface area contributed by atoms with Crippen LogP contribution in [-0.4, -0.2) is 44.6 Å². The summed E-state index contributed by atoms with van der Waals surface area (Å²) in [7, 11) is -1.97. The Labute approximate surface area is 188 Å². The molecule has 31 heavy (non-hydrogen) atoms. The monoisotopic (exact) mass is 442 g/mol. The van der Waals surface area contributed by atoms with E-state index in [2.05, 4.69) is 70.0 Å². The summed E-state index contributed by atoms with van der Waals surface area (Å²) in [5, 5.41) is 10.9. The number of benzene rings is 1. The Kier molecular flexibility index (Phi) is 6.42. The molecule has 5 atom stereocenters. The van der Waals surface area contributed by atoms with Gasteiger partial charge >= 0.3 is 0 Å². The Morgan fingerprint density at radius 1 is 1.16 bits per heavy atom. The van der Waals surface area contributed by atoms with E-state index < -0.39 is 14.1 Å². The second kappa shape index (κ2) is 8.65. The lowest BCUT2D eigenvalue weighted by atomic mass is 9.56. The molecule has 2 saturated carbocycles. The molecule has 0 unspecified atom stereocenters. The van der Waals surface area contributed by atoms with Crippen molar-refractivity contribution in [3.63, 3.8) is 0 Å². The lowest BCUT2D eigenvalue weighted by Crippen LogP contribution is -2.60. The maximum atomic E-state index is 10.8. The Morgan fingerprint density at radius 2 is 1.84 bits per heavy atom. The van der Waals surface area contributed by atoms with Crippen molar-refractivity contribution >= 4 is 8.32 Å². The highest BCUT2D eigenvalue weighted by Gasteiger charge is 2.62. The fourth-order valence-electron chi connectivity index (χ4n) is 5.09. The van der Waals surface area contributed by atoms with E-state index in [-0.39, 0.29) is 23.2 Å². The van der Waals surface area contributed by atoms with Crippen molar-refractivity contribution in [2.75, 3.05) is 13.2 Å². The normalized spacial score (nSPS) is 30.8. The third-order valence-corrected chi connectivity index (χ3v) is 12.4. The molecule has 0 bridgehead atoms. The molecule has 1 aromatic rings. The van der Waals surface area contributed by atoms with E-state index in [4.69, 9.17) is 13.9 Å². The average Bonchev–Trinajstić information content (AvgIpc) is 3.18. The van der Waals surface area contributed by atoms with Crippen molar-refractivity contribution in [1.29, 1.82) is 0 Å². The number of aliphatic hydroxyl groups excluding tert-OH is 1. The number of hydrogen-bond donors (Lipinski definition) is 1. The standard InChI is InChI=1S/C26H38O4Si/c1-25(2,3)31(4,5)30-20(17-19-9-7-6-8-10-19)11-12-21-22-18-26(28-15-16-29-26)23(22)13-14-24(21)27/h6-10,20-24,27H,13-18H2,1-5H3/t20-,21-,22-,23+,24-/m0/s1. The molecule has 4 rings (SSSR count). The zero-order valence-electron chi connectivity index (χ0n) is 19.7. The second-order valence-corrected chi connectivity index (χ2v) is 15.8. The van der Waals surface area contributed by atoms with E-state index in [0.29, 0.717) is 25.0 Å². The molecule has 0 amide bonds. The first-order chi connectivity index (χ1) is 14.6. The summed E-state index contributed by atoms with van der Waals surface area (Å²) in [6.45, 7) is 12.7. The van der Waals surface area contributed by atoms with Gasteiger partial charge in [-0.2, -0.15) is 0 Å². The van der Waals surface area contributed by atoms with E-state index in [1.807, 2.05) is 6.07 Å². The van der Waals surface area contributed by atoms with Gasteiger partial charge < -0.3 is 19.0 Å². The molecule has 5 heteroatoms. The van der Waals surface area contributed by atoms with Gasteiger partial charge in [0.15, 0.2) is 14.1 Å². The lowest BCUT2D eigenvalue weighted by molar-refractivity contribution is -0.296. The Hall–Kier alpha value is -1.16. The van der Waals surface area contributed by atoms with Gasteiger partial charge in [0.1, 0.15) is 6.10 Å². The van der Waals surface area contributed by atoms with E-state index in [1.165, 1.54) is 5.56 Å². The van der Waals surface area contributed by atoms with Crippen LogP contribution in [0, 0.1) is 29.6 Å². The highest BCUT2D eigenvalue weighted by molar-refractivity contribution is 6.74. The fraction of sp³-hybridized carbons (Fsp3) is 0.692. The molecule has 4 nitrogen and oxygen atoms in total. The van der Waals surface area contributed by atoms with Crippen LogP contribution in [0.4, 0.5) is 0 Å². The molecule has 3 fully saturated rings. The van der Waals surface area contributed by atoms with Crippen molar-refractivity contribution in [3.8, 4) is 11.8 Å². The number of rotatable bonds is 4. The molecular formula is C26H38O4Si. The molecule has 0 aromatic heterocycles. The van der Waals surface area contributed by atoms with Crippen LogP contribution < -0.4 is 0 Å². The second-order valence-electron chi connectivity index (χ2n) is 11.0. The average molecular weight is 443 g/mol. The van der Waals surface area contributed by atoms with Crippen molar-refractivity contribution in [2.45, 2.75) is 82.6 Å². The highest BCUT2D eigenvalue weighted by Crippen LogP contribution is 2.57. The molecule has 1 spiro atoms. The first-order valence-electron chi connectivity index (χ1n) is 11.8. The van der Waals surface area contributed by atoms with Gasteiger partial charge in [0.2, 0.25) is 0 Å². The topological polar surface area (TPSA) is 47.9 Å². The van der Waals surface area contributed by atoms with Gasteiger partial charge in [0.05, 0.1) is 19.3 Å². The van der Waals surface area contributed by atoms with E-state index in [0.717, 1.165) is 25.7 Å². The van der Waals surface area contributed by atoms with Gasteiger partial charge in [-0.3, -0.25) is 0 Å². The van der Waals surface area contributed by atoms with Gasteiger partial charge in [-0.15, -0.1) is 0 Å². The minimum absolute atomic E-state index is 0.0292. The van der Waals surface area contributed by atoms with Gasteiger partial charge in [0.25, 0.3) is 0 Å². The molecule has 2 aliphatic carbocycles. The van der Waals surface area contributed by atoms with Crippen molar-refractivity contribution < 1.29 is 19.0 Å². The van der Waals surface area contributed by atoms with Crippen LogP contribution in [0.2, 0.25) is 18.1 Å². The van der Waals surface area contributed by atoms with Crippen LogP contribution in [-0.2, 0) is 20.3 Å². The SMILES string of the molecule is CC(C)(C)[Si](C)(C)O[C@@H](C#C[C@H]1[C@@H]2CC3(OCCO3)[C@@H]2CC[C@@H]1O)Cc1ccccc1. The number of aliphatic hydroxyl groups is 1. The summed E-state index contributed by atoms with van der Waals surface area (Å²) >= 11 is 0. The molecule has 1 heterocycles. The molecule has 1 N–H and O–H groups in total. The predicted octanol–water partition coefficient (Wildman–Crippen LogP) is 4.77. The quantitative estimate of drug-likeness (QED) is 0.539. The van der Waals surface area contributed by atoms with Crippen molar-refractivity contribution in [2.24, 2.45) is 17.8 Å². The summed E-state index contributed by atoms with van der Waals surface area (Å²) in [5.74, 6) is 7.24. The number of hydrogen-bond acceptors (Lipinski definition) is 4. The first kappa shape index (κ1) is 23.0. The van der Waals surface area contributed by atoms with Crippen molar-refractivity contribution in [1.82, 2.24) is 0 Å². The smallest absolute Gasteiger partial charge is 0.193 e. The third-order valence-electron chi connectivity index (χ3n) is 7.95. The molecule has 170 valence electrons. The fourth-order valence-corrected chi connectivity index (χ4v) is 6.30. The Bertz CT molecular complexity index is 813. The minimum Gasteiger partial charge on any atom is -0.403 e. The highest BCUT2D eigenvalue weighted by atomic mass is 28.4. The summed E-state index contributed by atoms with van der Waals surface area (Å²) in [5.41, 5.74) is 1.23. The minimum atomic E-state index is -1.97. The zero-order chi connectivity index (χ0) is 22.3. The third kappa shape index (κ3) is 4.65. The lowest BCUT2D eigenvalue weighted by Gasteiger charge is -2.56. The maximum Gasteiger partial charge on any atom is 0.193 e. The van der Waals surface area contributed by atoms with Gasteiger partial charge in [0, 0.05) is 24.7 Å². The van der Waals surface area contributed by atoms with Gasteiger partial charge in [-0.05, 0) is 42.5 Å². The number of ether oxygens (including phenoxy) is 2. The summed E-state index contributed by atoms with van der Waals surface area (Å²) in [6.07, 6.45) is 2.80. The molecule has 0 radical (unpaired) electrons. The van der Waals surface area contributed by atoms with Crippen LogP contribution in [0.5, 0.6) is 0 Å². The van der Waals surface area contributed by atoms with E-state index >= 15 is 0 Å². The summed E-state index contributed by atoms with van der Waals surface area (Å²) in [4.78, 5) is 0. The molecular weight excluding hydrogens is 404 g/mol. The largest absolute Gasteiger partial charge is 0.403 e. The molecule has 1 saturated heterocycles. The van der Waals surface area contributed by atoms with Gasteiger partial charge in [-0.1, -0.05) is 62.9 Å². The van der Waals surface area contributed by atoms with Crippen LogP contribution in [0.25, 0.3) is 0 Å². The zero-order valence-corrected chi connectivity index (χ0v) is 20.7. The summed E-state index contributed by atoms with van der Waals surface area (Å²) < 4.78 is 18.7. The van der Waals surface area contributed by atoms with Crippen LogP contribution in [0.3, 0.4) is 0 Å².